The molecule has 0 spiro atoms. The van der Waals surface area contributed by atoms with Gasteiger partial charge in [-0.1, -0.05) is 0 Å². The summed E-state index contributed by atoms with van der Waals surface area (Å²) in [5.74, 6) is 0.0799. The Labute approximate surface area is 111 Å². The van der Waals surface area contributed by atoms with E-state index in [4.69, 9.17) is 0 Å². The summed E-state index contributed by atoms with van der Waals surface area (Å²) in [5, 5.41) is 2.63. The van der Waals surface area contributed by atoms with Crippen LogP contribution in [0, 0.1) is 6.92 Å². The van der Waals surface area contributed by atoms with E-state index < -0.39 is 0 Å². The number of aromatic nitrogens is 2. The fraction of sp³-hybridized carbons (Fsp3) is 0.0833. The number of aromatic amines is 1. The van der Waals surface area contributed by atoms with Crippen LogP contribution in [0.3, 0.4) is 0 Å². The van der Waals surface area contributed by atoms with Gasteiger partial charge in [0, 0.05) is 22.3 Å². The van der Waals surface area contributed by atoms with E-state index in [2.05, 4.69) is 31.2 Å². The lowest BCUT2D eigenvalue weighted by Gasteiger charge is -2.05. The van der Waals surface area contributed by atoms with Crippen molar-refractivity contribution in [2.45, 2.75) is 6.92 Å². The molecule has 2 aromatic rings. The zero-order valence-corrected chi connectivity index (χ0v) is 11.1. The number of carbonyl (C=O) groups is 1. The molecule has 2 N–H and O–H groups in total. The second-order valence-corrected chi connectivity index (χ2v) is 4.51. The van der Waals surface area contributed by atoms with Crippen LogP contribution in [0.2, 0.25) is 0 Å². The lowest BCUT2D eigenvalue weighted by molar-refractivity contribution is 0.102. The number of carbonyl (C=O) groups excluding carboxylic acids is 1. The Hall–Kier alpha value is -1.95. The molecule has 0 bridgehead atoms. The van der Waals surface area contributed by atoms with Gasteiger partial charge in [-0.05, 0) is 41.1 Å². The minimum absolute atomic E-state index is 0.293. The third kappa shape index (κ3) is 2.84. The van der Waals surface area contributed by atoms with Crippen LogP contribution in [-0.2, 0) is 0 Å². The number of rotatable bonds is 2. The summed E-state index contributed by atoms with van der Waals surface area (Å²) in [7, 11) is 0. The molecule has 5 nitrogen and oxygen atoms in total. The van der Waals surface area contributed by atoms with Crippen LogP contribution in [0.4, 0.5) is 5.82 Å². The molecule has 0 aliphatic rings. The van der Waals surface area contributed by atoms with Crippen molar-refractivity contribution in [2.24, 2.45) is 0 Å². The fourth-order valence-corrected chi connectivity index (χ4v) is 1.61. The average Bonchev–Trinajstić information content (AvgIpc) is 2.34. The SMILES string of the molecule is Cc1nc(NC(=O)c2cc[nH]c(=O)c2)ccc1Br. The zero-order valence-electron chi connectivity index (χ0n) is 9.53. The lowest BCUT2D eigenvalue weighted by atomic mass is 10.2. The molecular weight excluding hydrogens is 298 g/mol. The molecule has 92 valence electrons. The van der Waals surface area contributed by atoms with Crippen LogP contribution in [0.15, 0.2) is 39.7 Å². The van der Waals surface area contributed by atoms with Gasteiger partial charge in [0.25, 0.3) is 5.91 Å². The monoisotopic (exact) mass is 307 g/mol. The number of anilines is 1. The van der Waals surface area contributed by atoms with E-state index in [1.807, 2.05) is 6.92 Å². The molecule has 2 rings (SSSR count). The number of nitrogens with one attached hydrogen (secondary N) is 2. The van der Waals surface area contributed by atoms with Crippen LogP contribution in [0.1, 0.15) is 16.1 Å². The Morgan fingerprint density at radius 2 is 2.17 bits per heavy atom. The standard InChI is InChI=1S/C12H10BrN3O2/c1-7-9(13)2-3-10(15-7)16-12(18)8-4-5-14-11(17)6-8/h2-6H,1H3,(H,14,17)(H,15,16,18). The summed E-state index contributed by atoms with van der Waals surface area (Å²) in [5.41, 5.74) is 0.752. The first-order chi connectivity index (χ1) is 8.56. The zero-order chi connectivity index (χ0) is 13.1. The fourth-order valence-electron chi connectivity index (χ4n) is 1.39. The summed E-state index contributed by atoms with van der Waals surface area (Å²) in [6, 6.07) is 6.25. The summed E-state index contributed by atoms with van der Waals surface area (Å²) in [4.78, 5) is 29.6. The normalized spacial score (nSPS) is 10.1. The Morgan fingerprint density at radius 3 is 2.83 bits per heavy atom. The Morgan fingerprint density at radius 1 is 1.39 bits per heavy atom. The minimum atomic E-state index is -0.365. The van der Waals surface area contributed by atoms with E-state index in [9.17, 15) is 9.59 Å². The number of nitrogens with zero attached hydrogens (tertiary/aromatic N) is 1. The van der Waals surface area contributed by atoms with Crippen molar-refractivity contribution in [1.82, 2.24) is 9.97 Å². The molecule has 0 radical (unpaired) electrons. The van der Waals surface area contributed by atoms with Gasteiger partial charge in [0.05, 0.1) is 5.69 Å². The number of hydrogen-bond donors (Lipinski definition) is 2. The van der Waals surface area contributed by atoms with Crippen LogP contribution >= 0.6 is 15.9 Å². The van der Waals surface area contributed by atoms with Gasteiger partial charge in [-0.3, -0.25) is 9.59 Å². The van der Waals surface area contributed by atoms with Gasteiger partial charge in [0.15, 0.2) is 0 Å². The molecule has 6 heteroatoms. The first kappa shape index (κ1) is 12.5. The lowest BCUT2D eigenvalue weighted by Crippen LogP contribution is -2.16. The number of pyridine rings is 2. The summed E-state index contributed by atoms with van der Waals surface area (Å²) in [6.07, 6.45) is 1.43. The van der Waals surface area contributed by atoms with Crippen LogP contribution in [0.25, 0.3) is 0 Å². The van der Waals surface area contributed by atoms with E-state index in [0.29, 0.717) is 11.4 Å². The maximum atomic E-state index is 11.8. The van der Waals surface area contributed by atoms with Gasteiger partial charge in [0.1, 0.15) is 5.82 Å². The molecule has 0 saturated carbocycles. The van der Waals surface area contributed by atoms with Crippen molar-refractivity contribution in [3.8, 4) is 0 Å². The molecule has 0 atom stereocenters. The molecular formula is C12H10BrN3O2. The highest BCUT2D eigenvalue weighted by Gasteiger charge is 2.07. The molecule has 1 amide bonds. The quantitative estimate of drug-likeness (QED) is 0.892. The number of H-pyrrole nitrogens is 1. The van der Waals surface area contributed by atoms with E-state index in [1.54, 1.807) is 12.1 Å². The average molecular weight is 308 g/mol. The van der Waals surface area contributed by atoms with Gasteiger partial charge >= 0.3 is 0 Å². The molecule has 0 aromatic carbocycles. The second kappa shape index (κ2) is 5.14. The Balaban J connectivity index is 2.21. The predicted octanol–water partition coefficient (Wildman–Crippen LogP) is 2.09. The maximum Gasteiger partial charge on any atom is 0.257 e. The van der Waals surface area contributed by atoms with Crippen molar-refractivity contribution in [3.05, 3.63) is 56.5 Å². The third-order valence-electron chi connectivity index (χ3n) is 2.30. The van der Waals surface area contributed by atoms with Gasteiger partial charge in [-0.15, -0.1) is 0 Å². The number of halogens is 1. The highest BCUT2D eigenvalue weighted by Crippen LogP contribution is 2.16. The molecule has 2 aromatic heterocycles. The summed E-state index contributed by atoms with van der Waals surface area (Å²) < 4.78 is 0.872. The first-order valence-corrected chi connectivity index (χ1v) is 5.99. The van der Waals surface area contributed by atoms with Crippen molar-refractivity contribution in [2.75, 3.05) is 5.32 Å². The minimum Gasteiger partial charge on any atom is -0.329 e. The molecule has 0 aliphatic heterocycles. The Bertz CT molecular complexity index is 652. The van der Waals surface area contributed by atoms with Gasteiger partial charge in [-0.25, -0.2) is 4.98 Å². The highest BCUT2D eigenvalue weighted by molar-refractivity contribution is 9.10. The second-order valence-electron chi connectivity index (χ2n) is 3.66. The molecule has 0 saturated heterocycles. The molecule has 0 unspecified atom stereocenters. The maximum absolute atomic E-state index is 11.8. The van der Waals surface area contributed by atoms with Crippen LogP contribution in [0.5, 0.6) is 0 Å². The highest BCUT2D eigenvalue weighted by atomic mass is 79.9. The molecule has 2 heterocycles. The smallest absolute Gasteiger partial charge is 0.257 e. The van der Waals surface area contributed by atoms with Crippen molar-refractivity contribution in [3.63, 3.8) is 0 Å². The third-order valence-corrected chi connectivity index (χ3v) is 3.14. The number of amides is 1. The summed E-state index contributed by atoms with van der Waals surface area (Å²) in [6.45, 7) is 1.83. The van der Waals surface area contributed by atoms with Crippen LogP contribution < -0.4 is 10.9 Å². The predicted molar refractivity (Wildman–Crippen MR) is 71.7 cm³/mol. The molecule has 0 aliphatic carbocycles. The summed E-state index contributed by atoms with van der Waals surface area (Å²) >= 11 is 3.33. The van der Waals surface area contributed by atoms with Gasteiger partial charge in [-0.2, -0.15) is 0 Å². The van der Waals surface area contributed by atoms with E-state index in [-0.39, 0.29) is 11.5 Å². The molecule has 0 fully saturated rings. The molecule has 18 heavy (non-hydrogen) atoms. The van der Waals surface area contributed by atoms with E-state index in [0.717, 1.165) is 10.2 Å². The van der Waals surface area contributed by atoms with Gasteiger partial charge in [0.2, 0.25) is 5.56 Å². The van der Waals surface area contributed by atoms with Crippen molar-refractivity contribution < 1.29 is 4.79 Å². The topological polar surface area (TPSA) is 74.8 Å². The van der Waals surface area contributed by atoms with E-state index >= 15 is 0 Å². The van der Waals surface area contributed by atoms with E-state index in [1.165, 1.54) is 18.3 Å². The first-order valence-electron chi connectivity index (χ1n) is 5.19. The van der Waals surface area contributed by atoms with Gasteiger partial charge < -0.3 is 10.3 Å². The Kier molecular flexibility index (Phi) is 3.57. The largest absolute Gasteiger partial charge is 0.329 e. The number of aryl methyl sites for hydroxylation is 1. The van der Waals surface area contributed by atoms with Crippen LogP contribution in [-0.4, -0.2) is 15.9 Å². The van der Waals surface area contributed by atoms with Crippen molar-refractivity contribution >= 4 is 27.7 Å². The number of hydrogen-bond acceptors (Lipinski definition) is 3. The van der Waals surface area contributed by atoms with Crippen molar-refractivity contribution in [1.29, 1.82) is 0 Å².